The molecule has 4 heteroatoms. The molecule has 0 amide bonds. The van der Waals surface area contributed by atoms with Crippen LogP contribution in [0.2, 0.25) is 0 Å². The second kappa shape index (κ2) is 6.60. The number of hydrogen-bond donors (Lipinski definition) is 1. The van der Waals surface area contributed by atoms with E-state index in [0.717, 1.165) is 12.3 Å². The third-order valence-electron chi connectivity index (χ3n) is 3.30. The zero-order valence-corrected chi connectivity index (χ0v) is 11.4. The first kappa shape index (κ1) is 14.0. The van der Waals surface area contributed by atoms with Gasteiger partial charge >= 0.3 is 0 Å². The molecule has 0 aromatic rings. The van der Waals surface area contributed by atoms with Crippen LogP contribution in [0.5, 0.6) is 0 Å². The van der Waals surface area contributed by atoms with Gasteiger partial charge in [-0.05, 0) is 25.2 Å². The molecular formula is C12H25NO2S. The molecule has 0 spiro atoms. The third kappa shape index (κ3) is 5.30. The van der Waals surface area contributed by atoms with E-state index in [-0.39, 0.29) is 0 Å². The number of hydrogen-bond acceptors (Lipinski definition) is 3. The molecule has 3 nitrogen and oxygen atoms in total. The van der Waals surface area contributed by atoms with Crippen molar-refractivity contribution in [2.45, 2.75) is 52.0 Å². The second-order valence-electron chi connectivity index (χ2n) is 5.07. The van der Waals surface area contributed by atoms with Crippen molar-refractivity contribution in [3.05, 3.63) is 0 Å². The molecule has 2 unspecified atom stereocenters. The first-order chi connectivity index (χ1) is 7.53. The number of nitrogens with one attached hydrogen (secondary N) is 1. The highest BCUT2D eigenvalue weighted by Gasteiger charge is 2.18. The lowest BCUT2D eigenvalue weighted by Gasteiger charge is -2.27. The van der Waals surface area contributed by atoms with Gasteiger partial charge in [-0.15, -0.1) is 0 Å². The van der Waals surface area contributed by atoms with Crippen molar-refractivity contribution >= 4 is 9.84 Å². The smallest absolute Gasteiger partial charge is 0.151 e. The van der Waals surface area contributed by atoms with E-state index >= 15 is 0 Å². The van der Waals surface area contributed by atoms with E-state index in [4.69, 9.17) is 0 Å². The van der Waals surface area contributed by atoms with Gasteiger partial charge in [0, 0.05) is 18.3 Å². The molecule has 0 radical (unpaired) electrons. The summed E-state index contributed by atoms with van der Waals surface area (Å²) < 4.78 is 23.0. The summed E-state index contributed by atoms with van der Waals surface area (Å²) in [6.07, 6.45) is 5.74. The molecule has 1 N–H and O–H groups in total. The Bertz CT molecular complexity index is 287. The van der Waals surface area contributed by atoms with E-state index in [0.29, 0.717) is 24.1 Å². The van der Waals surface area contributed by atoms with Gasteiger partial charge in [0.05, 0.1) is 5.75 Å². The molecule has 1 aliphatic rings. The van der Waals surface area contributed by atoms with E-state index in [1.54, 1.807) is 0 Å². The van der Waals surface area contributed by atoms with E-state index in [2.05, 4.69) is 12.2 Å². The summed E-state index contributed by atoms with van der Waals surface area (Å²) in [6.45, 7) is 4.81. The molecule has 1 aliphatic carbocycles. The van der Waals surface area contributed by atoms with Gasteiger partial charge in [0.15, 0.2) is 9.84 Å². The zero-order chi connectivity index (χ0) is 12.0. The van der Waals surface area contributed by atoms with Crippen molar-refractivity contribution in [3.8, 4) is 0 Å². The monoisotopic (exact) mass is 247 g/mol. The fraction of sp³-hybridized carbons (Fsp3) is 1.00. The zero-order valence-electron chi connectivity index (χ0n) is 10.5. The lowest BCUT2D eigenvalue weighted by molar-refractivity contribution is 0.305. The molecule has 1 rings (SSSR count). The van der Waals surface area contributed by atoms with Crippen molar-refractivity contribution in [1.29, 1.82) is 0 Å². The molecular weight excluding hydrogens is 222 g/mol. The fourth-order valence-electron chi connectivity index (χ4n) is 2.45. The lowest BCUT2D eigenvalue weighted by Crippen LogP contribution is -2.36. The predicted molar refractivity (Wildman–Crippen MR) is 68.4 cm³/mol. The Balaban J connectivity index is 2.19. The van der Waals surface area contributed by atoms with E-state index in [9.17, 15) is 8.42 Å². The van der Waals surface area contributed by atoms with Crippen molar-refractivity contribution in [1.82, 2.24) is 5.32 Å². The average molecular weight is 247 g/mol. The molecule has 16 heavy (non-hydrogen) atoms. The van der Waals surface area contributed by atoms with Crippen molar-refractivity contribution < 1.29 is 8.42 Å². The predicted octanol–water partition coefficient (Wildman–Crippen LogP) is 1.98. The lowest BCUT2D eigenvalue weighted by atomic mass is 9.87. The van der Waals surface area contributed by atoms with E-state index < -0.39 is 9.84 Å². The summed E-state index contributed by atoms with van der Waals surface area (Å²) in [7, 11) is -2.81. The number of sulfone groups is 1. The van der Waals surface area contributed by atoms with E-state index in [1.165, 1.54) is 25.7 Å². The Morgan fingerprint density at radius 3 is 2.62 bits per heavy atom. The Kier molecular flexibility index (Phi) is 5.76. The molecule has 0 aromatic heterocycles. The maximum Gasteiger partial charge on any atom is 0.151 e. The summed E-state index contributed by atoms with van der Waals surface area (Å²) in [4.78, 5) is 0. The first-order valence-electron chi connectivity index (χ1n) is 6.47. The minimum Gasteiger partial charge on any atom is -0.313 e. The topological polar surface area (TPSA) is 46.2 Å². The van der Waals surface area contributed by atoms with Crippen LogP contribution in [-0.4, -0.2) is 32.5 Å². The largest absolute Gasteiger partial charge is 0.313 e. The summed E-state index contributed by atoms with van der Waals surface area (Å²) in [5.41, 5.74) is 0. The van der Waals surface area contributed by atoms with Crippen LogP contribution in [0, 0.1) is 5.92 Å². The Labute approximate surface area is 99.9 Å². The van der Waals surface area contributed by atoms with Crippen LogP contribution < -0.4 is 5.32 Å². The highest BCUT2D eigenvalue weighted by atomic mass is 32.2. The molecule has 1 fully saturated rings. The highest BCUT2D eigenvalue weighted by Crippen LogP contribution is 2.23. The van der Waals surface area contributed by atoms with Crippen molar-refractivity contribution in [2.24, 2.45) is 5.92 Å². The summed E-state index contributed by atoms with van der Waals surface area (Å²) in [6, 6.07) is 0.542. The normalized spacial score (nSPS) is 26.9. The van der Waals surface area contributed by atoms with Crippen molar-refractivity contribution in [2.75, 3.05) is 18.1 Å². The van der Waals surface area contributed by atoms with Gasteiger partial charge in [0.2, 0.25) is 0 Å². The fourth-order valence-corrected chi connectivity index (χ4v) is 3.71. The van der Waals surface area contributed by atoms with Gasteiger partial charge < -0.3 is 5.32 Å². The van der Waals surface area contributed by atoms with Crippen LogP contribution in [0.15, 0.2) is 0 Å². The minimum absolute atomic E-state index is 0.297. The third-order valence-corrected chi connectivity index (χ3v) is 5.15. The molecule has 0 bridgehead atoms. The van der Waals surface area contributed by atoms with Gasteiger partial charge in [0.1, 0.15) is 0 Å². The van der Waals surface area contributed by atoms with Gasteiger partial charge in [0.25, 0.3) is 0 Å². The highest BCUT2D eigenvalue weighted by molar-refractivity contribution is 7.91. The van der Waals surface area contributed by atoms with Gasteiger partial charge in [-0.3, -0.25) is 0 Å². The minimum atomic E-state index is -2.81. The summed E-state index contributed by atoms with van der Waals surface area (Å²) in [5, 5.41) is 3.39. The molecule has 0 aromatic carbocycles. The summed E-state index contributed by atoms with van der Waals surface area (Å²) in [5.74, 6) is 1.42. The molecule has 0 heterocycles. The molecule has 96 valence electrons. The second-order valence-corrected chi connectivity index (χ2v) is 7.38. The standard InChI is InChI=1S/C12H25NO2S/c1-3-8-16(14,15)9-7-13-12-6-4-5-11(2)10-12/h11-13H,3-10H2,1-2H3. The maximum absolute atomic E-state index is 11.5. The van der Waals surface area contributed by atoms with Gasteiger partial charge in [-0.25, -0.2) is 8.42 Å². The SMILES string of the molecule is CCCS(=O)(=O)CCNC1CCCC(C)C1. The quantitative estimate of drug-likeness (QED) is 0.780. The maximum atomic E-state index is 11.5. The summed E-state index contributed by atoms with van der Waals surface area (Å²) >= 11 is 0. The Hall–Kier alpha value is -0.0900. The van der Waals surface area contributed by atoms with Gasteiger partial charge in [-0.1, -0.05) is 26.7 Å². The van der Waals surface area contributed by atoms with Crippen LogP contribution in [0.3, 0.4) is 0 Å². The van der Waals surface area contributed by atoms with Crippen LogP contribution in [-0.2, 0) is 9.84 Å². The molecule has 1 saturated carbocycles. The molecule has 0 saturated heterocycles. The molecule has 0 aliphatic heterocycles. The van der Waals surface area contributed by atoms with Crippen LogP contribution in [0.1, 0.15) is 46.0 Å². The Morgan fingerprint density at radius 2 is 2.00 bits per heavy atom. The number of rotatable bonds is 6. The van der Waals surface area contributed by atoms with E-state index in [1.807, 2.05) is 6.92 Å². The van der Waals surface area contributed by atoms with Crippen LogP contribution >= 0.6 is 0 Å². The van der Waals surface area contributed by atoms with Crippen LogP contribution in [0.25, 0.3) is 0 Å². The van der Waals surface area contributed by atoms with Crippen molar-refractivity contribution in [3.63, 3.8) is 0 Å². The average Bonchev–Trinajstić information content (AvgIpc) is 2.17. The first-order valence-corrected chi connectivity index (χ1v) is 8.29. The Morgan fingerprint density at radius 1 is 1.25 bits per heavy atom. The van der Waals surface area contributed by atoms with Crippen LogP contribution in [0.4, 0.5) is 0 Å². The molecule has 2 atom stereocenters. The van der Waals surface area contributed by atoms with Gasteiger partial charge in [-0.2, -0.15) is 0 Å².